The summed E-state index contributed by atoms with van der Waals surface area (Å²) < 4.78 is 5.08. The van der Waals surface area contributed by atoms with Gasteiger partial charge in [-0.15, -0.1) is 11.3 Å². The molecule has 0 amide bonds. The Bertz CT molecular complexity index is 3650. The highest BCUT2D eigenvalue weighted by molar-refractivity contribution is 7.18. The molecule has 410 valence electrons. The molecule has 0 atom stereocenters. The van der Waals surface area contributed by atoms with Crippen molar-refractivity contribution >= 4 is 54.9 Å². The summed E-state index contributed by atoms with van der Waals surface area (Å²) in [6.45, 7) is 9.41. The summed E-state index contributed by atoms with van der Waals surface area (Å²) in [5.41, 5.74) is 22.3. The summed E-state index contributed by atoms with van der Waals surface area (Å²) in [6.07, 6.45) is 25.0. The number of nitrogens with zero attached hydrogens (tertiary/aromatic N) is 2. The number of unbranched alkanes of at least 4 members (excludes halogenated alkanes) is 12. The molecule has 13 rings (SSSR count). The number of fused-ring (bicyclic) bond motifs is 12. The molecule has 81 heavy (non-hydrogen) atoms. The van der Waals surface area contributed by atoms with Crippen LogP contribution < -0.4 is 0 Å². The second kappa shape index (κ2) is 23.1. The molecule has 0 unspecified atom stereocenters. The number of rotatable bonds is 24. The predicted octanol–water partition coefficient (Wildman–Crippen LogP) is 23.7. The molecule has 0 spiro atoms. The van der Waals surface area contributed by atoms with Crippen molar-refractivity contribution in [2.75, 3.05) is 0 Å². The number of benzene rings is 8. The molecular weight excluding hydrogens is 997 g/mol. The molecule has 2 aliphatic carbocycles. The molecule has 0 bridgehead atoms. The van der Waals surface area contributed by atoms with Gasteiger partial charge in [0.05, 0.1) is 22.1 Å². The fourth-order valence-electron chi connectivity index (χ4n) is 15.3. The van der Waals surface area contributed by atoms with Crippen LogP contribution in [0.4, 0.5) is 0 Å². The number of hydrogen-bond acceptors (Lipinski definition) is 1. The zero-order valence-electron chi connectivity index (χ0n) is 48.8. The maximum atomic E-state index is 2.66. The number of aromatic nitrogens is 2. The topological polar surface area (TPSA) is 9.86 Å². The second-order valence-corrected chi connectivity index (χ2v) is 25.4. The van der Waals surface area contributed by atoms with E-state index in [1.807, 2.05) is 11.3 Å². The monoisotopic (exact) mass is 1080 g/mol. The minimum absolute atomic E-state index is 0.0506. The van der Waals surface area contributed by atoms with Crippen molar-refractivity contribution < 1.29 is 0 Å². The van der Waals surface area contributed by atoms with Crippen LogP contribution in [0.15, 0.2) is 182 Å². The van der Waals surface area contributed by atoms with Gasteiger partial charge in [-0.1, -0.05) is 240 Å². The first-order chi connectivity index (χ1) is 40.0. The third-order valence-electron chi connectivity index (χ3n) is 19.4. The Morgan fingerprint density at radius 3 is 0.914 bits per heavy atom. The first kappa shape index (κ1) is 53.4. The fourth-order valence-corrected chi connectivity index (χ4v) is 16.3. The minimum Gasteiger partial charge on any atom is -0.309 e. The lowest BCUT2D eigenvalue weighted by Gasteiger charge is -2.33. The molecule has 0 saturated heterocycles. The van der Waals surface area contributed by atoms with Crippen LogP contribution in [0, 0.1) is 0 Å². The molecule has 2 aliphatic rings. The van der Waals surface area contributed by atoms with E-state index in [4.69, 9.17) is 0 Å². The first-order valence-corrected chi connectivity index (χ1v) is 32.5. The molecule has 0 radical (unpaired) electrons. The Morgan fingerprint density at radius 1 is 0.296 bits per heavy atom. The Balaban J connectivity index is 0.903. The number of para-hydroxylation sites is 4. The first-order valence-electron chi connectivity index (χ1n) is 31.7. The highest BCUT2D eigenvalue weighted by Gasteiger charge is 2.44. The summed E-state index contributed by atoms with van der Waals surface area (Å²) in [4.78, 5) is 2.73. The molecule has 0 N–H and O–H groups in total. The zero-order valence-corrected chi connectivity index (χ0v) is 49.6. The van der Waals surface area contributed by atoms with Crippen molar-refractivity contribution in [1.82, 2.24) is 9.13 Å². The smallest absolute Gasteiger partial charge is 0.0541 e. The Kier molecular flexibility index (Phi) is 15.2. The van der Waals surface area contributed by atoms with Gasteiger partial charge < -0.3 is 9.13 Å². The van der Waals surface area contributed by atoms with E-state index >= 15 is 0 Å². The standard InChI is InChI=1S/C78H82N2S/c1-5-9-13-25-47-77(48-26-14-10-6-2)67-51-55(37-41-59(67)61-43-39-57(53-69(61)77)79-71-33-21-17-29-63(71)64-30-18-22-34-72(64)79)75-45-46-76(81-75)56-38-42-60-62-44-40-58(80-73-35-23-19-31-65(73)66-32-20-24-36-74(66)80)54-70(62)78(68(60)52-56,49-27-15-11-7-3)50-28-16-12-8-4/h17-24,29-46,51-54H,5-16,25-28,47-50H2,1-4H3. The number of hydrogen-bond donors (Lipinski definition) is 0. The lowest BCUT2D eigenvalue weighted by molar-refractivity contribution is 0.401. The van der Waals surface area contributed by atoms with Crippen molar-refractivity contribution in [3.8, 4) is 54.5 Å². The molecule has 8 aromatic carbocycles. The highest BCUT2D eigenvalue weighted by atomic mass is 32.1. The van der Waals surface area contributed by atoms with Crippen molar-refractivity contribution in [2.45, 2.75) is 167 Å². The molecule has 0 saturated carbocycles. The van der Waals surface area contributed by atoms with Crippen LogP contribution in [0.3, 0.4) is 0 Å². The molecule has 3 heteroatoms. The highest BCUT2D eigenvalue weighted by Crippen LogP contribution is 2.58. The van der Waals surface area contributed by atoms with E-state index in [-0.39, 0.29) is 10.8 Å². The van der Waals surface area contributed by atoms with Gasteiger partial charge in [0.2, 0.25) is 0 Å². The van der Waals surface area contributed by atoms with Crippen LogP contribution in [-0.2, 0) is 10.8 Å². The summed E-state index contributed by atoms with van der Waals surface area (Å²) in [5, 5.41) is 5.28. The minimum atomic E-state index is -0.0506. The quantitative estimate of drug-likeness (QED) is 0.0534. The van der Waals surface area contributed by atoms with E-state index < -0.39 is 0 Å². The molecule has 3 heterocycles. The van der Waals surface area contributed by atoms with Gasteiger partial charge in [-0.3, -0.25) is 0 Å². The van der Waals surface area contributed by atoms with Crippen molar-refractivity contribution in [2.24, 2.45) is 0 Å². The van der Waals surface area contributed by atoms with Gasteiger partial charge in [0.1, 0.15) is 0 Å². The van der Waals surface area contributed by atoms with E-state index in [2.05, 4.69) is 219 Å². The largest absolute Gasteiger partial charge is 0.309 e. The van der Waals surface area contributed by atoms with Gasteiger partial charge in [0.25, 0.3) is 0 Å². The molecule has 2 nitrogen and oxygen atoms in total. The van der Waals surface area contributed by atoms with Gasteiger partial charge in [0, 0.05) is 53.5 Å². The average molecular weight is 1080 g/mol. The van der Waals surface area contributed by atoms with Crippen LogP contribution in [0.5, 0.6) is 0 Å². The molecule has 11 aromatic rings. The van der Waals surface area contributed by atoms with Crippen LogP contribution in [0.25, 0.3) is 98.1 Å². The predicted molar refractivity (Wildman–Crippen MR) is 351 cm³/mol. The lowest BCUT2D eigenvalue weighted by atomic mass is 9.70. The summed E-state index contributed by atoms with van der Waals surface area (Å²) in [6, 6.07) is 71.2. The lowest BCUT2D eigenvalue weighted by Crippen LogP contribution is -2.26. The van der Waals surface area contributed by atoms with E-state index in [1.54, 1.807) is 22.3 Å². The van der Waals surface area contributed by atoms with E-state index in [0.717, 1.165) is 0 Å². The summed E-state index contributed by atoms with van der Waals surface area (Å²) >= 11 is 1.99. The summed E-state index contributed by atoms with van der Waals surface area (Å²) in [7, 11) is 0. The Labute approximate surface area is 486 Å². The normalized spacial score (nSPS) is 13.9. The maximum absolute atomic E-state index is 2.66. The van der Waals surface area contributed by atoms with Gasteiger partial charge in [0.15, 0.2) is 0 Å². The SMILES string of the molecule is CCCCCCC1(CCCCCC)c2cc(-c3ccc(-c4ccc5c(c4)C(CCCCCC)(CCCCCC)c4cc(-n6c7ccccc7c7ccccc76)ccc4-5)s3)ccc2-c2ccc(-n3c4ccccc4c4ccccc43)cc21. The summed E-state index contributed by atoms with van der Waals surface area (Å²) in [5.74, 6) is 0. The third kappa shape index (κ3) is 9.40. The van der Waals surface area contributed by atoms with E-state index in [0.29, 0.717) is 0 Å². The molecule has 0 fully saturated rings. The Morgan fingerprint density at radius 2 is 0.593 bits per heavy atom. The maximum Gasteiger partial charge on any atom is 0.0541 e. The van der Waals surface area contributed by atoms with Crippen LogP contribution in [-0.4, -0.2) is 9.13 Å². The van der Waals surface area contributed by atoms with Crippen LogP contribution >= 0.6 is 11.3 Å². The van der Waals surface area contributed by atoms with Crippen LogP contribution in [0.1, 0.15) is 178 Å². The molecule has 3 aromatic heterocycles. The van der Waals surface area contributed by atoms with E-state index in [9.17, 15) is 0 Å². The molecular formula is C78H82N2S. The van der Waals surface area contributed by atoms with Crippen LogP contribution in [0.2, 0.25) is 0 Å². The van der Waals surface area contributed by atoms with Crippen molar-refractivity contribution in [3.63, 3.8) is 0 Å². The van der Waals surface area contributed by atoms with E-state index in [1.165, 1.54) is 227 Å². The fraction of sp³-hybridized carbons (Fsp3) is 0.333. The zero-order chi connectivity index (χ0) is 54.9. The molecule has 0 aliphatic heterocycles. The Hall–Kier alpha value is -6.94. The van der Waals surface area contributed by atoms with Crippen molar-refractivity contribution in [3.05, 3.63) is 204 Å². The second-order valence-electron chi connectivity index (χ2n) is 24.3. The number of thiophene rings is 1. The van der Waals surface area contributed by atoms with Gasteiger partial charge in [-0.25, -0.2) is 0 Å². The third-order valence-corrected chi connectivity index (χ3v) is 20.6. The van der Waals surface area contributed by atoms with Crippen molar-refractivity contribution in [1.29, 1.82) is 0 Å². The van der Waals surface area contributed by atoms with Gasteiger partial charge in [-0.2, -0.15) is 0 Å². The average Bonchev–Trinajstić information content (AvgIpc) is 3.45. The van der Waals surface area contributed by atoms with Gasteiger partial charge in [-0.05, 0) is 154 Å². The van der Waals surface area contributed by atoms with Gasteiger partial charge >= 0.3 is 0 Å².